The van der Waals surface area contributed by atoms with Crippen molar-refractivity contribution < 1.29 is 4.74 Å². The van der Waals surface area contributed by atoms with E-state index in [-0.39, 0.29) is 0 Å². The lowest BCUT2D eigenvalue weighted by Crippen LogP contribution is -2.59. The van der Waals surface area contributed by atoms with E-state index in [1.54, 1.807) is 18.2 Å². The first kappa shape index (κ1) is 14.4. The number of likely N-dealkylation sites (tertiary alicyclic amines) is 1. The first-order valence-corrected chi connectivity index (χ1v) is 8.79. The zero-order chi connectivity index (χ0) is 15.3. The summed E-state index contributed by atoms with van der Waals surface area (Å²) < 4.78 is 5.66. The molecular formula is C19H28N2O. The van der Waals surface area contributed by atoms with Crippen molar-refractivity contribution in [2.24, 2.45) is 5.92 Å². The summed E-state index contributed by atoms with van der Waals surface area (Å²) in [6.45, 7) is 1.25. The monoisotopic (exact) mass is 300 g/mol. The zero-order valence-electron chi connectivity index (χ0n) is 14.1. The molecule has 2 fully saturated rings. The van der Waals surface area contributed by atoms with Crippen LogP contribution in [0.2, 0.25) is 0 Å². The number of anilines is 1. The number of methoxy groups -OCH3 is 1. The lowest BCUT2D eigenvalue weighted by molar-refractivity contribution is 0.00277. The Morgan fingerprint density at radius 2 is 2.14 bits per heavy atom. The summed E-state index contributed by atoms with van der Waals surface area (Å²) in [5.41, 5.74) is 4.72. The second-order valence-electron chi connectivity index (χ2n) is 7.47. The first-order chi connectivity index (χ1) is 10.7. The lowest BCUT2D eigenvalue weighted by atomic mass is 9.52. The van der Waals surface area contributed by atoms with Gasteiger partial charge >= 0.3 is 0 Å². The lowest BCUT2D eigenvalue weighted by Gasteiger charge is -2.58. The summed E-state index contributed by atoms with van der Waals surface area (Å²) >= 11 is 0. The molecule has 0 aromatic heterocycles. The Bertz CT molecular complexity index is 585. The van der Waals surface area contributed by atoms with Crippen LogP contribution in [0.5, 0.6) is 5.75 Å². The third-order valence-corrected chi connectivity index (χ3v) is 6.70. The number of nitrogens with one attached hydrogen (secondary N) is 1. The summed E-state index contributed by atoms with van der Waals surface area (Å²) in [5, 5.41) is 3.30. The quantitative estimate of drug-likeness (QED) is 0.905. The van der Waals surface area contributed by atoms with Crippen molar-refractivity contribution in [3.8, 4) is 5.75 Å². The average molecular weight is 300 g/mol. The molecule has 2 aliphatic carbocycles. The van der Waals surface area contributed by atoms with Gasteiger partial charge in [0.15, 0.2) is 0 Å². The molecule has 3 heteroatoms. The highest BCUT2D eigenvalue weighted by atomic mass is 16.5. The van der Waals surface area contributed by atoms with Gasteiger partial charge in [-0.25, -0.2) is 0 Å². The van der Waals surface area contributed by atoms with Gasteiger partial charge in [0, 0.05) is 18.5 Å². The molecule has 0 amide bonds. The summed E-state index contributed by atoms with van der Waals surface area (Å²) in [7, 11) is 6.11. The van der Waals surface area contributed by atoms with Crippen LogP contribution in [0.4, 0.5) is 5.69 Å². The van der Waals surface area contributed by atoms with Gasteiger partial charge in [0.1, 0.15) is 5.75 Å². The van der Waals surface area contributed by atoms with Gasteiger partial charge in [-0.15, -0.1) is 0 Å². The summed E-state index contributed by atoms with van der Waals surface area (Å²) in [5.74, 6) is 1.86. The van der Waals surface area contributed by atoms with E-state index in [1.807, 2.05) is 7.05 Å². The molecule has 1 aliphatic heterocycles. The maximum Gasteiger partial charge on any atom is 0.142 e. The van der Waals surface area contributed by atoms with E-state index in [0.717, 1.165) is 23.4 Å². The van der Waals surface area contributed by atoms with Gasteiger partial charge in [-0.3, -0.25) is 0 Å². The van der Waals surface area contributed by atoms with E-state index in [2.05, 4.69) is 29.4 Å². The number of rotatable bonds is 2. The molecule has 3 nitrogen and oxygen atoms in total. The van der Waals surface area contributed by atoms with Crippen LogP contribution in [-0.2, 0) is 11.8 Å². The summed E-state index contributed by atoms with van der Waals surface area (Å²) in [6.07, 6.45) is 8.11. The van der Waals surface area contributed by atoms with Crippen LogP contribution < -0.4 is 10.1 Å². The zero-order valence-corrected chi connectivity index (χ0v) is 14.1. The van der Waals surface area contributed by atoms with Crippen LogP contribution in [0.15, 0.2) is 12.1 Å². The van der Waals surface area contributed by atoms with Gasteiger partial charge in [0.2, 0.25) is 0 Å². The minimum absolute atomic E-state index is 0.419. The molecule has 22 heavy (non-hydrogen) atoms. The SMILES string of the molecule is CNc1cc2c(cc1OC)[C@]13CCCC[C@@H]1[C@H](C2)N(C)CC3. The fourth-order valence-electron chi connectivity index (χ4n) is 5.60. The van der Waals surface area contributed by atoms with Crippen LogP contribution in [0.3, 0.4) is 0 Å². The number of piperidine rings is 1. The predicted octanol–water partition coefficient (Wildman–Crippen LogP) is 3.43. The van der Waals surface area contributed by atoms with E-state index in [0.29, 0.717) is 5.41 Å². The van der Waals surface area contributed by atoms with Crippen LogP contribution >= 0.6 is 0 Å². The van der Waals surface area contributed by atoms with Gasteiger partial charge in [-0.05, 0) is 68.5 Å². The number of hydrogen-bond acceptors (Lipinski definition) is 3. The average Bonchev–Trinajstić information content (AvgIpc) is 2.57. The highest BCUT2D eigenvalue weighted by molar-refractivity contribution is 5.62. The summed E-state index contributed by atoms with van der Waals surface area (Å²) in [4.78, 5) is 2.63. The molecule has 3 atom stereocenters. The van der Waals surface area contributed by atoms with E-state index in [4.69, 9.17) is 4.74 Å². The molecule has 0 radical (unpaired) electrons. The highest BCUT2D eigenvalue weighted by Gasteiger charge is 2.53. The Morgan fingerprint density at radius 1 is 1.27 bits per heavy atom. The molecule has 1 saturated carbocycles. The molecule has 4 rings (SSSR count). The van der Waals surface area contributed by atoms with Crippen molar-refractivity contribution in [3.63, 3.8) is 0 Å². The van der Waals surface area contributed by atoms with Crippen LogP contribution in [-0.4, -0.2) is 38.7 Å². The molecule has 2 bridgehead atoms. The number of likely N-dealkylation sites (N-methyl/N-ethyl adjacent to an activating group) is 1. The number of fused-ring (bicyclic) bond motifs is 1. The minimum Gasteiger partial charge on any atom is -0.495 e. The second kappa shape index (κ2) is 5.16. The van der Waals surface area contributed by atoms with Crippen LogP contribution in [0.25, 0.3) is 0 Å². The van der Waals surface area contributed by atoms with Crippen molar-refractivity contribution in [1.29, 1.82) is 0 Å². The minimum atomic E-state index is 0.419. The summed E-state index contributed by atoms with van der Waals surface area (Å²) in [6, 6.07) is 5.45. The number of hydrogen-bond donors (Lipinski definition) is 1. The fraction of sp³-hybridized carbons (Fsp3) is 0.684. The van der Waals surface area contributed by atoms with Crippen molar-refractivity contribution in [2.75, 3.05) is 33.1 Å². The molecule has 0 spiro atoms. The van der Waals surface area contributed by atoms with Crippen molar-refractivity contribution in [2.45, 2.75) is 50.0 Å². The van der Waals surface area contributed by atoms with Gasteiger partial charge in [0.05, 0.1) is 12.8 Å². The molecule has 1 N–H and O–H groups in total. The van der Waals surface area contributed by atoms with Gasteiger partial charge in [0.25, 0.3) is 0 Å². The van der Waals surface area contributed by atoms with Crippen molar-refractivity contribution in [3.05, 3.63) is 23.3 Å². The van der Waals surface area contributed by atoms with E-state index >= 15 is 0 Å². The first-order valence-electron chi connectivity index (χ1n) is 8.79. The number of ether oxygens (including phenoxy) is 1. The molecule has 3 aliphatic rings. The largest absolute Gasteiger partial charge is 0.495 e. The van der Waals surface area contributed by atoms with Gasteiger partial charge in [-0.2, -0.15) is 0 Å². The number of benzene rings is 1. The Labute approximate surface area is 134 Å². The Balaban J connectivity index is 1.89. The third-order valence-electron chi connectivity index (χ3n) is 6.70. The normalized spacial score (nSPS) is 33.8. The molecular weight excluding hydrogens is 272 g/mol. The second-order valence-corrected chi connectivity index (χ2v) is 7.47. The van der Waals surface area contributed by atoms with Crippen molar-refractivity contribution >= 4 is 5.69 Å². The predicted molar refractivity (Wildman–Crippen MR) is 90.9 cm³/mol. The molecule has 120 valence electrons. The topological polar surface area (TPSA) is 24.5 Å². The molecule has 1 aromatic carbocycles. The molecule has 1 aromatic rings. The molecule has 0 unspecified atom stereocenters. The van der Waals surface area contributed by atoms with Crippen LogP contribution in [0.1, 0.15) is 43.2 Å². The smallest absolute Gasteiger partial charge is 0.142 e. The Kier molecular flexibility index (Phi) is 3.37. The number of nitrogens with zero attached hydrogens (tertiary/aromatic N) is 1. The Morgan fingerprint density at radius 3 is 2.91 bits per heavy atom. The molecule has 1 saturated heterocycles. The standard InChI is InChI=1S/C19H28N2O/c1-20-16-10-13-11-17-14-6-4-5-7-19(14,8-9-21(17)2)15(13)12-18(16)22-3/h10,12,14,17,20H,4-9,11H2,1-3H3/t14-,17+,19+/m1/s1. The maximum absolute atomic E-state index is 5.66. The Hall–Kier alpha value is -1.22. The van der Waals surface area contributed by atoms with Crippen LogP contribution in [0, 0.1) is 5.92 Å². The fourth-order valence-corrected chi connectivity index (χ4v) is 5.60. The van der Waals surface area contributed by atoms with E-state index < -0.39 is 0 Å². The van der Waals surface area contributed by atoms with Crippen molar-refractivity contribution in [1.82, 2.24) is 4.90 Å². The van der Waals surface area contributed by atoms with Gasteiger partial charge in [-0.1, -0.05) is 12.8 Å². The third kappa shape index (κ3) is 1.84. The highest BCUT2D eigenvalue weighted by Crippen LogP contribution is 2.56. The molecule has 1 heterocycles. The maximum atomic E-state index is 5.66. The van der Waals surface area contributed by atoms with Gasteiger partial charge < -0.3 is 15.0 Å². The van der Waals surface area contributed by atoms with E-state index in [9.17, 15) is 0 Å². The van der Waals surface area contributed by atoms with E-state index in [1.165, 1.54) is 45.1 Å².